The number of halogens is 2. The normalized spacial score (nSPS) is 10.2. The number of amides is 1. The zero-order valence-corrected chi connectivity index (χ0v) is 10.8. The number of carbonyl (C=O) groups excluding carboxylic acids is 1. The van der Waals surface area contributed by atoms with Crippen molar-refractivity contribution in [3.8, 4) is 5.75 Å². The summed E-state index contributed by atoms with van der Waals surface area (Å²) in [5.41, 5.74) is 0.444. The first kappa shape index (κ1) is 14.0. The summed E-state index contributed by atoms with van der Waals surface area (Å²) in [5.74, 6) is -1.47. The lowest BCUT2D eigenvalue weighted by atomic mass is 10.2. The molecule has 3 nitrogen and oxygen atoms in total. The standard InChI is InChI=1S/C15H13F2NO2/c1-2-20-14-5-3-13(4-6-14)18-15(19)10-7-11(16)9-12(17)8-10/h3-9H,2H2,1H3,(H,18,19). The van der Waals surface area contributed by atoms with Crippen LogP contribution in [0.15, 0.2) is 42.5 Å². The van der Waals surface area contributed by atoms with Crippen molar-refractivity contribution in [2.24, 2.45) is 0 Å². The second kappa shape index (κ2) is 6.14. The van der Waals surface area contributed by atoms with Crippen LogP contribution in [-0.2, 0) is 0 Å². The molecule has 5 heteroatoms. The summed E-state index contributed by atoms with van der Waals surface area (Å²) in [6.45, 7) is 2.42. The van der Waals surface area contributed by atoms with E-state index in [1.807, 2.05) is 6.92 Å². The fourth-order valence-electron chi connectivity index (χ4n) is 1.69. The minimum atomic E-state index is -0.790. The number of hydrogen-bond acceptors (Lipinski definition) is 2. The molecule has 0 radical (unpaired) electrons. The molecule has 0 aromatic heterocycles. The minimum absolute atomic E-state index is 0.0728. The van der Waals surface area contributed by atoms with Gasteiger partial charge in [0.15, 0.2) is 0 Å². The van der Waals surface area contributed by atoms with Crippen LogP contribution >= 0.6 is 0 Å². The maximum Gasteiger partial charge on any atom is 0.255 e. The van der Waals surface area contributed by atoms with Gasteiger partial charge in [-0.2, -0.15) is 0 Å². The molecule has 1 amide bonds. The maximum absolute atomic E-state index is 13.0. The molecule has 1 N–H and O–H groups in total. The number of carbonyl (C=O) groups is 1. The fraction of sp³-hybridized carbons (Fsp3) is 0.133. The lowest BCUT2D eigenvalue weighted by Gasteiger charge is -2.07. The summed E-state index contributed by atoms with van der Waals surface area (Å²) in [6.07, 6.45) is 0. The average molecular weight is 277 g/mol. The van der Waals surface area contributed by atoms with Crippen LogP contribution < -0.4 is 10.1 Å². The molecule has 104 valence electrons. The summed E-state index contributed by atoms with van der Waals surface area (Å²) in [7, 11) is 0. The van der Waals surface area contributed by atoms with E-state index in [1.165, 1.54) is 0 Å². The molecule has 0 fully saturated rings. The van der Waals surface area contributed by atoms with E-state index in [9.17, 15) is 13.6 Å². The zero-order valence-electron chi connectivity index (χ0n) is 10.8. The third-order valence-corrected chi connectivity index (χ3v) is 2.55. The Bertz CT molecular complexity index is 592. The van der Waals surface area contributed by atoms with Crippen LogP contribution in [-0.4, -0.2) is 12.5 Å². The SMILES string of the molecule is CCOc1ccc(NC(=O)c2cc(F)cc(F)c2)cc1. The molecule has 0 aliphatic heterocycles. The van der Waals surface area contributed by atoms with E-state index in [1.54, 1.807) is 24.3 Å². The van der Waals surface area contributed by atoms with Crippen molar-refractivity contribution >= 4 is 11.6 Å². The fourth-order valence-corrected chi connectivity index (χ4v) is 1.69. The van der Waals surface area contributed by atoms with Crippen LogP contribution in [0.5, 0.6) is 5.75 Å². The maximum atomic E-state index is 13.0. The molecule has 0 aliphatic carbocycles. The molecule has 0 spiro atoms. The lowest BCUT2D eigenvalue weighted by molar-refractivity contribution is 0.102. The smallest absolute Gasteiger partial charge is 0.255 e. The van der Waals surface area contributed by atoms with Crippen molar-refractivity contribution in [3.05, 3.63) is 59.7 Å². The van der Waals surface area contributed by atoms with Gasteiger partial charge in [0.2, 0.25) is 0 Å². The molecular formula is C15H13F2NO2. The first-order chi connectivity index (χ1) is 9.58. The molecule has 2 aromatic carbocycles. The van der Waals surface area contributed by atoms with Gasteiger partial charge in [-0.3, -0.25) is 4.79 Å². The largest absolute Gasteiger partial charge is 0.494 e. The number of rotatable bonds is 4. The molecule has 2 aromatic rings. The van der Waals surface area contributed by atoms with Crippen LogP contribution in [0.2, 0.25) is 0 Å². The second-order valence-electron chi connectivity index (χ2n) is 4.07. The highest BCUT2D eigenvalue weighted by molar-refractivity contribution is 6.04. The van der Waals surface area contributed by atoms with Crippen LogP contribution in [0.25, 0.3) is 0 Å². The summed E-state index contributed by atoms with van der Waals surface area (Å²) in [6, 6.07) is 9.38. The Hall–Kier alpha value is -2.43. The molecule has 0 bridgehead atoms. The van der Waals surface area contributed by atoms with E-state index in [2.05, 4.69) is 5.32 Å². The van der Waals surface area contributed by atoms with Gasteiger partial charge in [0, 0.05) is 17.3 Å². The first-order valence-electron chi connectivity index (χ1n) is 6.09. The lowest BCUT2D eigenvalue weighted by Crippen LogP contribution is -2.12. The van der Waals surface area contributed by atoms with Crippen molar-refractivity contribution in [1.82, 2.24) is 0 Å². The number of anilines is 1. The van der Waals surface area contributed by atoms with E-state index >= 15 is 0 Å². The molecule has 2 rings (SSSR count). The Balaban J connectivity index is 2.10. The number of benzene rings is 2. The van der Waals surface area contributed by atoms with Gasteiger partial charge in [-0.05, 0) is 43.3 Å². The third kappa shape index (κ3) is 3.54. The van der Waals surface area contributed by atoms with Crippen LogP contribution in [0, 0.1) is 11.6 Å². The van der Waals surface area contributed by atoms with E-state index in [-0.39, 0.29) is 5.56 Å². The number of nitrogens with one attached hydrogen (secondary N) is 1. The van der Waals surface area contributed by atoms with E-state index in [4.69, 9.17) is 4.74 Å². The summed E-state index contributed by atoms with van der Waals surface area (Å²) >= 11 is 0. The zero-order chi connectivity index (χ0) is 14.5. The predicted octanol–water partition coefficient (Wildman–Crippen LogP) is 3.62. The van der Waals surface area contributed by atoms with Gasteiger partial charge in [0.1, 0.15) is 17.4 Å². The Morgan fingerprint density at radius 1 is 1.10 bits per heavy atom. The Kier molecular flexibility index (Phi) is 4.30. The van der Waals surface area contributed by atoms with Gasteiger partial charge >= 0.3 is 0 Å². The Labute approximate surface area is 115 Å². The second-order valence-corrected chi connectivity index (χ2v) is 4.07. The molecule has 0 heterocycles. The molecule has 0 atom stereocenters. The molecule has 0 unspecified atom stereocenters. The highest BCUT2D eigenvalue weighted by Gasteiger charge is 2.09. The van der Waals surface area contributed by atoms with E-state index < -0.39 is 17.5 Å². The van der Waals surface area contributed by atoms with Gasteiger partial charge in [-0.15, -0.1) is 0 Å². The van der Waals surface area contributed by atoms with Gasteiger partial charge in [-0.25, -0.2) is 8.78 Å². The summed E-state index contributed by atoms with van der Waals surface area (Å²) in [4.78, 5) is 11.9. The highest BCUT2D eigenvalue weighted by atomic mass is 19.1. The Morgan fingerprint density at radius 2 is 1.70 bits per heavy atom. The van der Waals surface area contributed by atoms with Gasteiger partial charge < -0.3 is 10.1 Å². The summed E-state index contributed by atoms with van der Waals surface area (Å²) < 4.78 is 31.3. The van der Waals surface area contributed by atoms with Crippen LogP contribution in [0.4, 0.5) is 14.5 Å². The van der Waals surface area contributed by atoms with Crippen molar-refractivity contribution in [2.45, 2.75) is 6.92 Å². The third-order valence-electron chi connectivity index (χ3n) is 2.55. The van der Waals surface area contributed by atoms with Crippen LogP contribution in [0.3, 0.4) is 0 Å². The van der Waals surface area contributed by atoms with Crippen molar-refractivity contribution < 1.29 is 18.3 Å². The van der Waals surface area contributed by atoms with Crippen molar-refractivity contribution in [2.75, 3.05) is 11.9 Å². The quantitative estimate of drug-likeness (QED) is 0.927. The van der Waals surface area contributed by atoms with E-state index in [0.717, 1.165) is 12.1 Å². The molecule has 0 aliphatic rings. The van der Waals surface area contributed by atoms with E-state index in [0.29, 0.717) is 24.1 Å². The number of hydrogen-bond donors (Lipinski definition) is 1. The highest BCUT2D eigenvalue weighted by Crippen LogP contribution is 2.17. The van der Waals surface area contributed by atoms with Gasteiger partial charge in [0.25, 0.3) is 5.91 Å². The average Bonchev–Trinajstić information content (AvgIpc) is 2.40. The number of ether oxygens (including phenoxy) is 1. The van der Waals surface area contributed by atoms with Gasteiger partial charge in [0.05, 0.1) is 6.61 Å². The molecular weight excluding hydrogens is 264 g/mol. The Morgan fingerprint density at radius 3 is 2.25 bits per heavy atom. The molecule has 0 saturated carbocycles. The predicted molar refractivity (Wildman–Crippen MR) is 71.9 cm³/mol. The first-order valence-corrected chi connectivity index (χ1v) is 6.09. The van der Waals surface area contributed by atoms with Crippen molar-refractivity contribution in [1.29, 1.82) is 0 Å². The summed E-state index contributed by atoms with van der Waals surface area (Å²) in [5, 5.41) is 2.55. The minimum Gasteiger partial charge on any atom is -0.494 e. The topological polar surface area (TPSA) is 38.3 Å². The molecule has 20 heavy (non-hydrogen) atoms. The van der Waals surface area contributed by atoms with Gasteiger partial charge in [-0.1, -0.05) is 0 Å². The van der Waals surface area contributed by atoms with Crippen LogP contribution in [0.1, 0.15) is 17.3 Å². The van der Waals surface area contributed by atoms with Crippen molar-refractivity contribution in [3.63, 3.8) is 0 Å². The molecule has 0 saturated heterocycles. The monoisotopic (exact) mass is 277 g/mol.